The summed E-state index contributed by atoms with van der Waals surface area (Å²) in [6.07, 6.45) is 8.08. The predicted molar refractivity (Wildman–Crippen MR) is 539 cm³/mol. The van der Waals surface area contributed by atoms with Crippen molar-refractivity contribution in [3.05, 3.63) is 128 Å². The molecule has 1 aromatic heterocycles. The van der Waals surface area contributed by atoms with Gasteiger partial charge in [-0.25, -0.2) is 19.2 Å². The first-order valence-corrected chi connectivity index (χ1v) is 50.0. The van der Waals surface area contributed by atoms with E-state index in [1.165, 1.54) is 35.1 Å². The largest absolute Gasteiger partial charge is 0.523 e. The molecule has 8 atom stereocenters. The smallest absolute Gasteiger partial charge is 0.481 e. The van der Waals surface area contributed by atoms with E-state index in [4.69, 9.17) is 117 Å². The molecule has 9 heterocycles. The molecule has 776 valence electrons. The number of amides is 4. The van der Waals surface area contributed by atoms with Crippen LogP contribution in [0, 0.1) is 35.5 Å². The first-order valence-electron chi connectivity index (χ1n) is 47.0. The van der Waals surface area contributed by atoms with Gasteiger partial charge in [0, 0.05) is 95.1 Å². The van der Waals surface area contributed by atoms with Gasteiger partial charge in [-0.15, -0.1) is 0 Å². The van der Waals surface area contributed by atoms with Crippen molar-refractivity contribution in [2.24, 2.45) is 35.5 Å². The lowest BCUT2D eigenvalue weighted by atomic mass is 9.79. The zero-order valence-corrected chi connectivity index (χ0v) is 88.3. The Morgan fingerprint density at radius 3 is 1.53 bits per heavy atom. The number of nitrogen functional groups attached to an aromatic ring is 3. The van der Waals surface area contributed by atoms with Crippen LogP contribution in [-0.4, -0.2) is 265 Å². The number of alkyl halides is 3. The van der Waals surface area contributed by atoms with Crippen molar-refractivity contribution in [2.45, 2.75) is 266 Å². The summed E-state index contributed by atoms with van der Waals surface area (Å²) < 4.78 is 101. The molecule has 11 N–H and O–H groups in total. The number of carboxylic acid groups (broad SMARTS) is 1. The number of aliphatic carboxylic acids is 1. The van der Waals surface area contributed by atoms with Crippen molar-refractivity contribution >= 4 is 139 Å². The maximum Gasteiger partial charge on any atom is 0.523 e. The SMILES string of the molecule is C1CCOC1.CC1(C)OB(c2ccc(Cl)c(N)c2)OC1(C)C.CN1CCC(CC(=O)O)CC1.C[C@@H]1C=C(c2ccc(Cl)c(N)c2)CN(C(=O)OC(C)(C)C)C1.C[C@@H]1CC(=O)CN(C(=O)OC(C)(C)C)C1.C[C@@H]1CC(OS(=O)(=O)C(F)(F)F)CN(C(=O)OC(C)(C)C)C1.C[C@@H]1CC(c2ccc(Cl)c(N)c2)CN(C(=O)OC(C)(C)C)C1.C[C@H]1CNCC(c2ccc(Cl)c3ncccc23)C1.OCC(O)CO. The Hall–Kier alpha value is -7.75. The fourth-order valence-corrected chi connectivity index (χ4v) is 16.9. The van der Waals surface area contributed by atoms with Gasteiger partial charge in [0.05, 0.1) is 80.6 Å². The zero-order chi connectivity index (χ0) is 104. The number of aromatic nitrogens is 1. The predicted octanol–water partition coefficient (Wildman–Crippen LogP) is 18.6. The van der Waals surface area contributed by atoms with Crippen molar-refractivity contribution in [1.29, 1.82) is 0 Å². The Bertz CT molecular complexity index is 4870. The Balaban J connectivity index is 0.000000281. The molecule has 4 amide bonds. The first kappa shape index (κ1) is 121. The van der Waals surface area contributed by atoms with Crippen LogP contribution in [0.3, 0.4) is 0 Å². The van der Waals surface area contributed by atoms with Gasteiger partial charge in [-0.1, -0.05) is 117 Å². The minimum atomic E-state index is -5.68. The van der Waals surface area contributed by atoms with Crippen LogP contribution in [-0.2, 0) is 56.9 Å². The molecule has 30 nitrogen and oxygen atoms in total. The number of Topliss-reactive ketones (excluding diaryl/α,β-unsaturated/α-hetero) is 1. The molecule has 0 radical (unpaired) electrons. The third kappa shape index (κ3) is 42.4. The molecular weight excluding hydrogens is 1890 g/mol. The standard InChI is InChI=1S/C17H25ClN2O2.C17H23ClN2O2.C15H17ClN2.C12H17BClNO2.C12H20F3NO5S.C11H19NO3.C8H15NO2.C4H8O.C3H8O3/c2*1-11-7-13(12-5-6-14(18)15(19)8-12)10-20(9-11)16(21)22-17(2,3)4;1-10-7-11(9-17-8-10)12-4-5-14(16)15-13(12)3-2-6-18-15;1-11(2)12(3,4)17-13(16-11)8-5-6-9(14)10(15)7-8;1-8-5-9(21-22(18,19)12(13,14)15)7-16(6-8)10(17)20-11(2,3)4;1-8-5-9(13)7-12(6-8)10(14)15-11(2,3)4;1-9-4-2-7(3-5-9)6-8(10)11;1-2-4-5-3-1;4-1-3(6)2-5/h5-6,8,11,13H,7,9-10,19H2,1-4H3;5-8,11H,9-10,19H2,1-4H3;2-6,10-11,17H,7-9H2,1H3;5-7H,15H2,1-4H3;8-9H,5-7H2,1-4H3;8H,5-7H2,1-4H3;7H,2-6H2,1H3,(H,10,11);1-4H2;3-6H,1-2H2/t11-,13?;11-;10-,11?;;8-,9?;8-;;;/m111.11.../s1. The molecule has 0 bridgehead atoms. The first-order chi connectivity index (χ1) is 63.8. The number of likely N-dealkylation sites (tertiary alicyclic amines) is 4. The minimum Gasteiger partial charge on any atom is -0.481 e. The molecule has 138 heavy (non-hydrogen) atoms. The second-order valence-corrected chi connectivity index (χ2v) is 45.0. The van der Waals surface area contributed by atoms with E-state index in [-0.39, 0.29) is 105 Å². The summed E-state index contributed by atoms with van der Waals surface area (Å²) in [5.41, 5.74) is 17.2. The number of nitrogens with zero attached hydrogens (tertiary/aromatic N) is 6. The van der Waals surface area contributed by atoms with Gasteiger partial charge >= 0.3 is 53.1 Å². The van der Waals surface area contributed by atoms with Crippen LogP contribution < -0.4 is 28.0 Å². The number of halogens is 7. The molecule has 0 aliphatic carbocycles. The number of piperidine rings is 5. The van der Waals surface area contributed by atoms with Gasteiger partial charge in [0.15, 0.2) is 5.78 Å². The lowest BCUT2D eigenvalue weighted by molar-refractivity contribution is -0.138. The van der Waals surface area contributed by atoms with Crippen molar-refractivity contribution < 1.29 is 108 Å². The fraction of sp³-hybridized carbons (Fsp3) is 0.646. The minimum absolute atomic E-state index is 0.106. The fourth-order valence-electron chi connectivity index (χ4n) is 15.7. The maximum absolute atomic E-state index is 12.3. The molecule has 5 aromatic rings. The molecule has 13 rings (SSSR count). The highest BCUT2D eigenvalue weighted by Gasteiger charge is 2.53. The Morgan fingerprint density at radius 1 is 0.594 bits per heavy atom. The third-order valence-corrected chi connectivity index (χ3v) is 25.4. The number of aliphatic hydroxyl groups excluding tert-OH is 3. The molecule has 0 saturated carbocycles. The summed E-state index contributed by atoms with van der Waals surface area (Å²) in [5, 5.41) is 39.6. The Morgan fingerprint density at radius 2 is 1.07 bits per heavy atom. The number of carbonyl (C=O) groups is 6. The number of fused-ring (bicyclic) bond motifs is 1. The Kier molecular flexibility index (Phi) is 47.3. The van der Waals surface area contributed by atoms with E-state index in [0.717, 1.165) is 109 Å². The number of anilines is 3. The van der Waals surface area contributed by atoms with Gasteiger partial charge in [-0.2, -0.15) is 21.6 Å². The molecule has 8 aliphatic rings. The maximum atomic E-state index is 12.3. The molecular formula is C99H152BCl4F3N10O20S. The highest BCUT2D eigenvalue weighted by molar-refractivity contribution is 7.87. The molecule has 7 saturated heterocycles. The lowest BCUT2D eigenvalue weighted by Crippen LogP contribution is -2.49. The highest BCUT2D eigenvalue weighted by Crippen LogP contribution is 2.40. The zero-order valence-electron chi connectivity index (χ0n) is 84.5. The monoisotopic (exact) mass is 2040 g/mol. The van der Waals surface area contributed by atoms with E-state index in [1.807, 2.05) is 145 Å². The number of aliphatic hydroxyl groups is 3. The van der Waals surface area contributed by atoms with E-state index < -0.39 is 62.3 Å². The number of ketones is 1. The van der Waals surface area contributed by atoms with E-state index in [1.54, 1.807) is 61.9 Å². The number of nitrogens with one attached hydrogen (secondary N) is 1. The second kappa shape index (κ2) is 54.1. The summed E-state index contributed by atoms with van der Waals surface area (Å²) >= 11 is 24.1. The van der Waals surface area contributed by atoms with Crippen LogP contribution >= 0.6 is 46.4 Å². The van der Waals surface area contributed by atoms with E-state index >= 15 is 0 Å². The number of carboxylic acids is 1. The van der Waals surface area contributed by atoms with E-state index in [9.17, 15) is 50.4 Å². The molecule has 0 spiro atoms. The number of hydrogen-bond donors (Lipinski definition) is 8. The molecule has 8 aliphatic heterocycles. The molecule has 4 aromatic carbocycles. The van der Waals surface area contributed by atoms with Crippen LogP contribution in [0.15, 0.2) is 91.1 Å². The number of nitrogens with two attached hydrogens (primary N) is 3. The molecule has 3 unspecified atom stereocenters. The third-order valence-electron chi connectivity index (χ3n) is 23.0. The normalized spacial score (nSPS) is 21.8. The summed E-state index contributed by atoms with van der Waals surface area (Å²) in [4.78, 5) is 82.7. The van der Waals surface area contributed by atoms with Crippen molar-refractivity contribution in [3.8, 4) is 0 Å². The number of ether oxygens (including phenoxy) is 5. The summed E-state index contributed by atoms with van der Waals surface area (Å²) in [6.45, 7) is 48.9. The van der Waals surface area contributed by atoms with Crippen molar-refractivity contribution in [2.75, 3.05) is 129 Å². The lowest BCUT2D eigenvalue weighted by Gasteiger charge is -2.37. The summed E-state index contributed by atoms with van der Waals surface area (Å²) in [5.74, 6) is 2.13. The number of pyridine rings is 1. The quantitative estimate of drug-likeness (QED) is 0.0212. The van der Waals surface area contributed by atoms with Crippen molar-refractivity contribution in [1.82, 2.24) is 34.8 Å². The second-order valence-electron chi connectivity index (χ2n) is 41.8. The van der Waals surface area contributed by atoms with Gasteiger partial charge < -0.3 is 100 Å². The molecule has 7 fully saturated rings. The number of carbonyl (C=O) groups excluding carboxylic acids is 5. The number of benzene rings is 4. The van der Waals surface area contributed by atoms with Crippen LogP contribution in [0.5, 0.6) is 0 Å². The van der Waals surface area contributed by atoms with Crippen LogP contribution in [0.25, 0.3) is 16.5 Å². The van der Waals surface area contributed by atoms with Gasteiger partial charge in [0.2, 0.25) is 0 Å². The Labute approximate surface area is 835 Å². The van der Waals surface area contributed by atoms with E-state index in [2.05, 4.69) is 65.4 Å². The van der Waals surface area contributed by atoms with Crippen molar-refractivity contribution in [3.63, 3.8) is 0 Å². The van der Waals surface area contributed by atoms with Crippen LogP contribution in [0.4, 0.5) is 49.4 Å². The topological polar surface area (TPSA) is 410 Å². The molecule has 39 heteroatoms. The average molecular weight is 2040 g/mol. The van der Waals surface area contributed by atoms with Gasteiger partial charge in [-0.05, 0) is 300 Å². The van der Waals surface area contributed by atoms with Gasteiger partial charge in [0.1, 0.15) is 28.5 Å². The van der Waals surface area contributed by atoms with Gasteiger partial charge in [-0.3, -0.25) is 18.8 Å². The number of hydrogen-bond acceptors (Lipinski definition) is 25. The number of rotatable bonds is 10. The van der Waals surface area contributed by atoms with Crippen LogP contribution in [0.2, 0.25) is 20.1 Å². The highest BCUT2D eigenvalue weighted by atomic mass is 35.5. The van der Waals surface area contributed by atoms with Crippen LogP contribution in [0.1, 0.15) is 232 Å². The van der Waals surface area contributed by atoms with Gasteiger partial charge in [0.25, 0.3) is 0 Å². The summed E-state index contributed by atoms with van der Waals surface area (Å²) in [6, 6.07) is 25.0. The summed E-state index contributed by atoms with van der Waals surface area (Å²) in [7, 11) is -3.99. The average Bonchev–Trinajstić information content (AvgIpc) is 1.62. The van der Waals surface area contributed by atoms with E-state index in [0.29, 0.717) is 88.9 Å².